The third kappa shape index (κ3) is 2.21. The highest BCUT2D eigenvalue weighted by atomic mass is 16.5. The molecule has 0 atom stereocenters. The number of ether oxygens (including phenoxy) is 1. The number of aryl methyl sites for hydroxylation is 2. The third-order valence-electron chi connectivity index (χ3n) is 3.38. The Kier molecular flexibility index (Phi) is 3.19. The monoisotopic (exact) mass is 223 g/mol. The fourth-order valence-corrected chi connectivity index (χ4v) is 2.23. The van der Waals surface area contributed by atoms with E-state index in [4.69, 9.17) is 4.74 Å². The average Bonchev–Trinajstić information content (AvgIpc) is 2.49. The Bertz CT molecular complexity index is 355. The molecule has 90 valence electrons. The minimum absolute atomic E-state index is 0.0588. The molecule has 0 aliphatic heterocycles. The van der Waals surface area contributed by atoms with Gasteiger partial charge >= 0.3 is 0 Å². The maximum Gasteiger partial charge on any atom is 0.212 e. The molecular weight excluding hydrogens is 202 g/mol. The van der Waals surface area contributed by atoms with Crippen LogP contribution in [-0.2, 0) is 7.05 Å². The maximum absolute atomic E-state index is 6.15. The van der Waals surface area contributed by atoms with Crippen molar-refractivity contribution in [1.29, 1.82) is 0 Å². The van der Waals surface area contributed by atoms with Gasteiger partial charge < -0.3 is 10.1 Å². The quantitative estimate of drug-likeness (QED) is 0.824. The average molecular weight is 223 g/mol. The summed E-state index contributed by atoms with van der Waals surface area (Å²) in [5, 5.41) is 7.50. The van der Waals surface area contributed by atoms with Crippen molar-refractivity contribution in [3.8, 4) is 5.88 Å². The van der Waals surface area contributed by atoms with Crippen molar-refractivity contribution in [3.63, 3.8) is 0 Å². The van der Waals surface area contributed by atoms with Crippen LogP contribution in [0.2, 0.25) is 0 Å². The Morgan fingerprint density at radius 1 is 1.56 bits per heavy atom. The van der Waals surface area contributed by atoms with Crippen molar-refractivity contribution in [1.82, 2.24) is 15.1 Å². The van der Waals surface area contributed by atoms with E-state index in [-0.39, 0.29) is 5.60 Å². The SMILES string of the molecule is CNCCC1(Oc2cc(C)nn2C)CCC1. The molecule has 0 radical (unpaired) electrons. The largest absolute Gasteiger partial charge is 0.471 e. The maximum atomic E-state index is 6.15. The van der Waals surface area contributed by atoms with Gasteiger partial charge in [-0.3, -0.25) is 0 Å². The molecule has 4 heteroatoms. The standard InChI is InChI=1S/C12H21N3O/c1-10-9-11(15(3)14-10)16-12(5-4-6-12)7-8-13-2/h9,13H,4-8H2,1-3H3. The highest BCUT2D eigenvalue weighted by Gasteiger charge is 2.39. The molecule has 0 amide bonds. The van der Waals surface area contributed by atoms with Gasteiger partial charge in [0.15, 0.2) is 0 Å². The van der Waals surface area contributed by atoms with Gasteiger partial charge in [0, 0.05) is 13.1 Å². The van der Waals surface area contributed by atoms with Crippen LogP contribution in [0.1, 0.15) is 31.4 Å². The summed E-state index contributed by atoms with van der Waals surface area (Å²) in [5.41, 5.74) is 1.07. The van der Waals surface area contributed by atoms with E-state index in [1.165, 1.54) is 19.3 Å². The molecule has 0 unspecified atom stereocenters. The van der Waals surface area contributed by atoms with Gasteiger partial charge in [0.25, 0.3) is 0 Å². The number of hydrogen-bond acceptors (Lipinski definition) is 3. The Labute approximate surface area is 97.0 Å². The number of aromatic nitrogens is 2. The van der Waals surface area contributed by atoms with Crippen molar-refractivity contribution >= 4 is 0 Å². The van der Waals surface area contributed by atoms with Gasteiger partial charge in [-0.05, 0) is 46.2 Å². The second kappa shape index (κ2) is 4.45. The van der Waals surface area contributed by atoms with Crippen molar-refractivity contribution in [2.24, 2.45) is 7.05 Å². The summed E-state index contributed by atoms with van der Waals surface area (Å²) in [6.45, 7) is 3.00. The molecular formula is C12H21N3O. The van der Waals surface area contributed by atoms with Crippen molar-refractivity contribution in [3.05, 3.63) is 11.8 Å². The van der Waals surface area contributed by atoms with Crippen LogP contribution in [0.5, 0.6) is 5.88 Å². The number of nitrogens with zero attached hydrogens (tertiary/aromatic N) is 2. The number of nitrogens with one attached hydrogen (secondary N) is 1. The lowest BCUT2D eigenvalue weighted by atomic mass is 9.77. The van der Waals surface area contributed by atoms with Gasteiger partial charge in [-0.15, -0.1) is 0 Å². The molecule has 1 heterocycles. The molecule has 0 aromatic carbocycles. The Balaban J connectivity index is 2.03. The molecule has 0 spiro atoms. The van der Waals surface area contributed by atoms with Crippen LogP contribution in [0.3, 0.4) is 0 Å². The zero-order valence-electron chi connectivity index (χ0n) is 10.4. The molecule has 1 aromatic heterocycles. The molecule has 2 rings (SSSR count). The molecule has 1 fully saturated rings. The highest BCUT2D eigenvalue weighted by Crippen LogP contribution is 2.39. The van der Waals surface area contributed by atoms with Gasteiger partial charge in [0.1, 0.15) is 5.60 Å². The second-order valence-electron chi connectivity index (χ2n) is 4.74. The first kappa shape index (κ1) is 11.5. The summed E-state index contributed by atoms with van der Waals surface area (Å²) in [6.07, 6.45) is 4.69. The fourth-order valence-electron chi connectivity index (χ4n) is 2.23. The van der Waals surface area contributed by atoms with Gasteiger partial charge in [-0.25, -0.2) is 4.68 Å². The van der Waals surface area contributed by atoms with E-state index in [1.807, 2.05) is 31.8 Å². The first-order chi connectivity index (χ1) is 7.65. The predicted octanol–water partition coefficient (Wildman–Crippen LogP) is 1.64. The summed E-state index contributed by atoms with van der Waals surface area (Å²) in [6, 6.07) is 2.01. The van der Waals surface area contributed by atoms with Gasteiger partial charge in [0.05, 0.1) is 5.69 Å². The van der Waals surface area contributed by atoms with E-state index in [0.29, 0.717) is 0 Å². The topological polar surface area (TPSA) is 39.1 Å². The van der Waals surface area contributed by atoms with Crippen molar-refractivity contribution in [2.45, 2.75) is 38.2 Å². The first-order valence-electron chi connectivity index (χ1n) is 5.99. The smallest absolute Gasteiger partial charge is 0.212 e. The Morgan fingerprint density at radius 3 is 2.75 bits per heavy atom. The van der Waals surface area contributed by atoms with Gasteiger partial charge in [-0.1, -0.05) is 0 Å². The minimum Gasteiger partial charge on any atom is -0.471 e. The van der Waals surface area contributed by atoms with E-state index < -0.39 is 0 Å². The summed E-state index contributed by atoms with van der Waals surface area (Å²) in [5.74, 6) is 0.897. The molecule has 0 bridgehead atoms. The van der Waals surface area contributed by atoms with Crippen molar-refractivity contribution < 1.29 is 4.74 Å². The highest BCUT2D eigenvalue weighted by molar-refractivity contribution is 5.16. The second-order valence-corrected chi connectivity index (χ2v) is 4.74. The van der Waals surface area contributed by atoms with Gasteiger partial charge in [-0.2, -0.15) is 5.10 Å². The normalized spacial score (nSPS) is 18.2. The molecule has 4 nitrogen and oxygen atoms in total. The molecule has 1 saturated carbocycles. The lowest BCUT2D eigenvalue weighted by Crippen LogP contribution is -2.45. The van der Waals surface area contributed by atoms with Crippen LogP contribution in [-0.4, -0.2) is 29.0 Å². The lowest BCUT2D eigenvalue weighted by molar-refractivity contribution is -0.0206. The zero-order valence-corrected chi connectivity index (χ0v) is 10.4. The zero-order chi connectivity index (χ0) is 11.6. The summed E-state index contributed by atoms with van der Waals surface area (Å²) in [7, 11) is 3.92. The summed E-state index contributed by atoms with van der Waals surface area (Å²) in [4.78, 5) is 0. The lowest BCUT2D eigenvalue weighted by Gasteiger charge is -2.41. The van der Waals surface area contributed by atoms with E-state index in [9.17, 15) is 0 Å². The molecule has 1 aromatic rings. The van der Waals surface area contributed by atoms with E-state index >= 15 is 0 Å². The Hall–Kier alpha value is -1.03. The molecule has 1 N–H and O–H groups in total. The van der Waals surface area contributed by atoms with E-state index in [0.717, 1.165) is 24.5 Å². The van der Waals surface area contributed by atoms with Crippen molar-refractivity contribution in [2.75, 3.05) is 13.6 Å². The minimum atomic E-state index is 0.0588. The van der Waals surface area contributed by atoms with Crippen LogP contribution in [0, 0.1) is 6.92 Å². The van der Waals surface area contributed by atoms with E-state index in [2.05, 4.69) is 10.4 Å². The number of rotatable bonds is 5. The first-order valence-corrected chi connectivity index (χ1v) is 5.99. The Morgan fingerprint density at radius 2 is 2.31 bits per heavy atom. The predicted molar refractivity (Wildman–Crippen MR) is 63.7 cm³/mol. The fraction of sp³-hybridized carbons (Fsp3) is 0.750. The van der Waals surface area contributed by atoms with Crippen LogP contribution >= 0.6 is 0 Å². The third-order valence-corrected chi connectivity index (χ3v) is 3.38. The van der Waals surface area contributed by atoms with Crippen LogP contribution in [0.15, 0.2) is 6.07 Å². The van der Waals surface area contributed by atoms with Gasteiger partial charge in [0.2, 0.25) is 5.88 Å². The molecule has 0 saturated heterocycles. The molecule has 1 aliphatic carbocycles. The molecule has 1 aliphatic rings. The summed E-state index contributed by atoms with van der Waals surface area (Å²) < 4.78 is 7.98. The summed E-state index contributed by atoms with van der Waals surface area (Å²) >= 11 is 0. The van der Waals surface area contributed by atoms with E-state index in [1.54, 1.807) is 0 Å². The van der Waals surface area contributed by atoms with Crippen LogP contribution in [0.25, 0.3) is 0 Å². The molecule has 16 heavy (non-hydrogen) atoms. The number of hydrogen-bond donors (Lipinski definition) is 1. The van der Waals surface area contributed by atoms with Crippen LogP contribution in [0.4, 0.5) is 0 Å². The van der Waals surface area contributed by atoms with Crippen LogP contribution < -0.4 is 10.1 Å².